The van der Waals surface area contributed by atoms with Gasteiger partial charge < -0.3 is 14.7 Å². The molecule has 3 rings (SSSR count). The number of rotatable bonds is 4. The van der Waals surface area contributed by atoms with Crippen molar-refractivity contribution in [3.05, 3.63) is 11.2 Å². The van der Waals surface area contributed by atoms with E-state index in [1.165, 1.54) is 17.6 Å². The molecule has 1 atom stereocenters. The van der Waals surface area contributed by atoms with E-state index in [0.29, 0.717) is 38.4 Å². The number of aliphatic hydroxyl groups is 1. The van der Waals surface area contributed by atoms with Gasteiger partial charge in [-0.2, -0.15) is 4.31 Å². The van der Waals surface area contributed by atoms with Crippen molar-refractivity contribution in [1.29, 1.82) is 0 Å². The third kappa shape index (κ3) is 2.54. The van der Waals surface area contributed by atoms with E-state index in [-0.39, 0.29) is 15.7 Å². The number of methoxy groups -OCH3 is 1. The number of nitrogens with zero attached hydrogens (tertiary/aromatic N) is 3. The maximum Gasteiger partial charge on any atom is 0.248 e. The summed E-state index contributed by atoms with van der Waals surface area (Å²) >= 11 is 6.32. The molecule has 0 aromatic carbocycles. The first-order chi connectivity index (χ1) is 10.4. The molecule has 0 amide bonds. The maximum atomic E-state index is 12.5. The molecule has 0 saturated carbocycles. The van der Waals surface area contributed by atoms with E-state index >= 15 is 0 Å². The van der Waals surface area contributed by atoms with E-state index < -0.39 is 16.1 Å². The Hall–Kier alpha value is -1.09. The Morgan fingerprint density at radius 1 is 1.41 bits per heavy atom. The smallest absolute Gasteiger partial charge is 0.248 e. The predicted octanol–water partition coefficient (Wildman–Crippen LogP) is 0.709. The average Bonchev–Trinajstić information content (AvgIpc) is 2.82. The Balaban J connectivity index is 2.01. The molecular formula is C13H18ClN3O4S. The van der Waals surface area contributed by atoms with Crippen LogP contribution < -0.4 is 9.64 Å². The Morgan fingerprint density at radius 3 is 2.64 bits per heavy atom. The van der Waals surface area contributed by atoms with Crippen molar-refractivity contribution in [2.45, 2.75) is 23.8 Å². The van der Waals surface area contributed by atoms with Crippen molar-refractivity contribution in [3.8, 4) is 5.75 Å². The van der Waals surface area contributed by atoms with Gasteiger partial charge in [0.2, 0.25) is 10.0 Å². The number of pyridine rings is 1. The second-order valence-corrected chi connectivity index (χ2v) is 7.72. The van der Waals surface area contributed by atoms with E-state index in [4.69, 9.17) is 16.3 Å². The van der Waals surface area contributed by atoms with Crippen molar-refractivity contribution in [3.63, 3.8) is 0 Å². The summed E-state index contributed by atoms with van der Waals surface area (Å²) in [5.74, 6) is 0.553. The monoisotopic (exact) mass is 347 g/mol. The van der Waals surface area contributed by atoms with Gasteiger partial charge in [-0.05, 0) is 12.8 Å². The topological polar surface area (TPSA) is 83.0 Å². The van der Waals surface area contributed by atoms with E-state index in [1.807, 2.05) is 4.90 Å². The summed E-state index contributed by atoms with van der Waals surface area (Å²) in [7, 11) is -2.24. The second-order valence-electron chi connectivity index (χ2n) is 5.44. The lowest BCUT2D eigenvalue weighted by atomic mass is 10.3. The number of aromatic nitrogens is 1. The molecule has 22 heavy (non-hydrogen) atoms. The molecule has 1 aromatic heterocycles. The molecule has 2 aliphatic rings. The third-order valence-corrected chi connectivity index (χ3v) is 6.26. The number of halogens is 1. The Kier molecular flexibility index (Phi) is 4.19. The van der Waals surface area contributed by atoms with Gasteiger partial charge >= 0.3 is 0 Å². The fourth-order valence-corrected chi connectivity index (χ4v) is 4.67. The number of ether oxygens (including phenoxy) is 1. The van der Waals surface area contributed by atoms with Gasteiger partial charge in [-0.25, -0.2) is 13.4 Å². The quantitative estimate of drug-likeness (QED) is 0.863. The molecule has 0 aliphatic carbocycles. The van der Waals surface area contributed by atoms with Gasteiger partial charge in [-0.3, -0.25) is 0 Å². The highest BCUT2D eigenvalue weighted by Gasteiger charge is 2.35. The molecule has 2 saturated heterocycles. The number of aliphatic hydroxyl groups excluding tert-OH is 1. The van der Waals surface area contributed by atoms with Gasteiger partial charge in [0.1, 0.15) is 9.92 Å². The number of hydrogen-bond donors (Lipinski definition) is 1. The molecule has 0 spiro atoms. The van der Waals surface area contributed by atoms with Gasteiger partial charge in [0.05, 0.1) is 19.4 Å². The molecule has 2 fully saturated rings. The van der Waals surface area contributed by atoms with Crippen LogP contribution in [-0.2, 0) is 10.0 Å². The van der Waals surface area contributed by atoms with Gasteiger partial charge in [-0.1, -0.05) is 11.6 Å². The Labute approximate surface area is 134 Å². The molecular weight excluding hydrogens is 330 g/mol. The van der Waals surface area contributed by atoms with E-state index in [9.17, 15) is 13.5 Å². The predicted molar refractivity (Wildman–Crippen MR) is 82.0 cm³/mol. The highest BCUT2D eigenvalue weighted by Crippen LogP contribution is 2.40. The molecule has 7 nitrogen and oxygen atoms in total. The lowest BCUT2D eigenvalue weighted by molar-refractivity contribution is 0.198. The molecule has 2 aliphatic heterocycles. The molecule has 3 heterocycles. The number of β-amino-alcohol motifs (C(OH)–C–C–N with tert-alkyl or cyclic N) is 1. The van der Waals surface area contributed by atoms with Crippen molar-refractivity contribution in [2.75, 3.05) is 38.2 Å². The fraction of sp³-hybridized carbons (Fsp3) is 0.615. The first kappa shape index (κ1) is 15.8. The minimum absolute atomic E-state index is 0.0109. The first-order valence-electron chi connectivity index (χ1n) is 7.11. The largest absolute Gasteiger partial charge is 0.494 e. The van der Waals surface area contributed by atoms with Gasteiger partial charge in [0.25, 0.3) is 0 Å². The lowest BCUT2D eigenvalue weighted by Crippen LogP contribution is -2.42. The molecule has 0 unspecified atom stereocenters. The number of anilines is 1. The van der Waals surface area contributed by atoms with Crippen LogP contribution in [0.25, 0.3) is 0 Å². The van der Waals surface area contributed by atoms with Crippen LogP contribution in [0, 0.1) is 0 Å². The Bertz CT molecular complexity index is 678. The van der Waals surface area contributed by atoms with Gasteiger partial charge in [0.15, 0.2) is 11.6 Å². The second kappa shape index (κ2) is 5.84. The normalized spacial score (nSPS) is 22.7. The Morgan fingerprint density at radius 2 is 2.14 bits per heavy atom. The van der Waals surface area contributed by atoms with Crippen LogP contribution in [0.4, 0.5) is 5.82 Å². The van der Waals surface area contributed by atoms with Crippen LogP contribution in [0.5, 0.6) is 5.75 Å². The molecule has 1 aromatic rings. The minimum atomic E-state index is -3.63. The summed E-state index contributed by atoms with van der Waals surface area (Å²) in [6.45, 7) is 2.05. The summed E-state index contributed by atoms with van der Waals surface area (Å²) in [6.07, 6.45) is 2.35. The summed E-state index contributed by atoms with van der Waals surface area (Å²) in [4.78, 5) is 6.03. The summed E-state index contributed by atoms with van der Waals surface area (Å²) in [5.41, 5.74) is 0. The van der Waals surface area contributed by atoms with Crippen LogP contribution >= 0.6 is 11.6 Å². The zero-order valence-corrected chi connectivity index (χ0v) is 13.8. The van der Waals surface area contributed by atoms with Gasteiger partial charge in [0, 0.05) is 26.2 Å². The molecule has 0 radical (unpaired) electrons. The lowest BCUT2D eigenvalue weighted by Gasteiger charge is -2.30. The molecule has 0 bridgehead atoms. The summed E-state index contributed by atoms with van der Waals surface area (Å²) < 4.78 is 31.7. The average molecular weight is 348 g/mol. The van der Waals surface area contributed by atoms with Crippen LogP contribution in [-0.4, -0.2) is 62.2 Å². The standard InChI is InChI=1S/C13H18ClN3O4S/c1-21-12-10(22(19,20)17-4-2-5-17)7-15-13(11(12)14)16-6-3-9(18)8-16/h7,9,18H,2-6,8H2,1H3/t9-/m0/s1. The zero-order chi connectivity index (χ0) is 15.9. The fourth-order valence-electron chi connectivity index (χ4n) is 2.64. The molecule has 122 valence electrons. The zero-order valence-electron chi connectivity index (χ0n) is 12.2. The number of hydrogen-bond acceptors (Lipinski definition) is 6. The molecule has 9 heteroatoms. The van der Waals surface area contributed by atoms with Crippen LogP contribution in [0.15, 0.2) is 11.1 Å². The van der Waals surface area contributed by atoms with E-state index in [1.54, 1.807) is 0 Å². The van der Waals surface area contributed by atoms with Gasteiger partial charge in [-0.15, -0.1) is 0 Å². The van der Waals surface area contributed by atoms with E-state index in [0.717, 1.165) is 6.42 Å². The SMILES string of the molecule is COc1c(S(=O)(=O)N2CCC2)cnc(N2CC[C@H](O)C2)c1Cl. The van der Waals surface area contributed by atoms with Crippen LogP contribution in [0.3, 0.4) is 0 Å². The third-order valence-electron chi connectivity index (χ3n) is 4.02. The summed E-state index contributed by atoms with van der Waals surface area (Å²) in [6, 6.07) is 0. The van der Waals surface area contributed by atoms with Crippen molar-refractivity contribution in [2.24, 2.45) is 0 Å². The molecule has 1 N–H and O–H groups in total. The first-order valence-corrected chi connectivity index (χ1v) is 8.92. The minimum Gasteiger partial charge on any atom is -0.494 e. The van der Waals surface area contributed by atoms with E-state index in [2.05, 4.69) is 4.98 Å². The highest BCUT2D eigenvalue weighted by atomic mass is 35.5. The number of sulfonamides is 1. The highest BCUT2D eigenvalue weighted by molar-refractivity contribution is 7.89. The van der Waals surface area contributed by atoms with Crippen molar-refractivity contribution < 1.29 is 18.3 Å². The van der Waals surface area contributed by atoms with Crippen molar-refractivity contribution in [1.82, 2.24) is 9.29 Å². The van der Waals surface area contributed by atoms with Crippen LogP contribution in [0.2, 0.25) is 5.02 Å². The van der Waals surface area contributed by atoms with Crippen LogP contribution in [0.1, 0.15) is 12.8 Å². The maximum absolute atomic E-state index is 12.5. The van der Waals surface area contributed by atoms with Crippen molar-refractivity contribution >= 4 is 27.4 Å². The summed E-state index contributed by atoms with van der Waals surface area (Å²) in [5, 5.41) is 9.79.